The average molecular weight is 497 g/mol. The zero-order valence-corrected chi connectivity index (χ0v) is 24.9. The fourth-order valence-electron chi connectivity index (χ4n) is 0. The van der Waals surface area contributed by atoms with Gasteiger partial charge >= 0.3 is 7.82 Å². The van der Waals surface area contributed by atoms with E-state index in [0.717, 1.165) is 0 Å². The van der Waals surface area contributed by atoms with Gasteiger partial charge < -0.3 is 14.7 Å². The van der Waals surface area contributed by atoms with E-state index in [9.17, 15) is 0 Å². The van der Waals surface area contributed by atoms with Crippen molar-refractivity contribution >= 4 is 215 Å². The van der Waals surface area contributed by atoms with Crippen LogP contribution in [0.5, 0.6) is 0 Å². The Hall–Kier alpha value is 6.27. The Morgan fingerprint density at radius 1 is 0.875 bits per heavy atom. The van der Waals surface area contributed by atoms with Crippen LogP contribution in [-0.4, -0.2) is 221 Å². The minimum atomic E-state index is -4.64. The molecule has 0 heterocycles. The molecule has 0 spiro atoms. The topological polar surface area (TPSA) is 77.8 Å². The number of hydrogen-bond acceptors (Lipinski definition) is 1. The molecule has 0 aliphatic rings. The van der Waals surface area contributed by atoms with Gasteiger partial charge in [0.1, 0.15) is 0 Å². The van der Waals surface area contributed by atoms with Crippen molar-refractivity contribution in [1.29, 1.82) is 0 Å². The minimum absolute atomic E-state index is 0. The molecule has 0 amide bonds. The zero-order valence-electron chi connectivity index (χ0n) is 5.20. The van der Waals surface area contributed by atoms with E-state index in [4.69, 9.17) is 19.2 Å². The first-order valence-corrected chi connectivity index (χ1v) is 2.35. The van der Waals surface area contributed by atoms with E-state index < -0.39 is 7.82 Å². The van der Waals surface area contributed by atoms with Crippen LogP contribution in [0.4, 0.5) is 0 Å². The predicted molar refractivity (Wildman–Crippen MR) is 31.5 cm³/mol. The van der Waals surface area contributed by atoms with Crippen molar-refractivity contribution in [1.82, 2.24) is 0 Å². The summed E-state index contributed by atoms with van der Waals surface area (Å²) in [6.45, 7) is 0. The molecule has 35 valence electrons. The molecule has 8 heavy (non-hydrogen) atoms. The smallest absolute Gasteiger partial charge is 0.303 e. The molecule has 0 atom stereocenters. The second-order valence-corrected chi connectivity index (χ2v) is 1.54. The van der Waals surface area contributed by atoms with Gasteiger partial charge in [-0.05, 0) is 0 Å². The molecule has 0 saturated carbocycles. The van der Waals surface area contributed by atoms with E-state index >= 15 is 0 Å². The number of rotatable bonds is 0. The van der Waals surface area contributed by atoms with Gasteiger partial charge in [-0.1, -0.05) is 0 Å². The molecule has 0 aromatic heterocycles. The monoisotopic (exact) mass is 497 g/mol. The third kappa shape index (κ3) is 39.7. The maximum Gasteiger partial charge on any atom is 0.466 e. The Morgan fingerprint density at radius 2 is 0.875 bits per heavy atom. The quantitative estimate of drug-likeness (QED) is 0.337. The van der Waals surface area contributed by atoms with Crippen molar-refractivity contribution in [2.75, 3.05) is 0 Å². The minimum Gasteiger partial charge on any atom is -0.303 e. The maximum atomic E-state index is 8.88. The van der Waals surface area contributed by atoms with Gasteiger partial charge in [-0.25, -0.2) is 4.57 Å². The molecule has 4 nitrogen and oxygen atoms in total. The third-order valence-electron chi connectivity index (χ3n) is 0. The van der Waals surface area contributed by atoms with E-state index in [1.165, 1.54) is 0 Å². The van der Waals surface area contributed by atoms with Gasteiger partial charge in [0.05, 0.1) is 0 Å². The van der Waals surface area contributed by atoms with E-state index in [2.05, 4.69) is 0 Å². The van der Waals surface area contributed by atoms with Crippen LogP contribution < -0.4 is 0 Å². The molecule has 0 aliphatic heterocycles. The molecule has 8 heteroatoms. The summed E-state index contributed by atoms with van der Waals surface area (Å²) in [5.41, 5.74) is 0. The largest absolute Gasteiger partial charge is 0.466 e. The molecular weight excluding hydrogens is 494 g/mol. The third-order valence-corrected chi connectivity index (χ3v) is 0. The summed E-state index contributed by atoms with van der Waals surface area (Å²) in [7, 11) is -4.64. The normalized spacial score (nSPS) is 7.38. The van der Waals surface area contributed by atoms with Crippen molar-refractivity contribution in [3.05, 3.63) is 0 Å². The molecule has 0 rings (SSSR count). The van der Waals surface area contributed by atoms with Crippen LogP contribution in [0.3, 0.4) is 0 Å². The van der Waals surface area contributed by atoms with Gasteiger partial charge in [0.15, 0.2) is 0 Å². The van der Waals surface area contributed by atoms with Crippen LogP contribution in [-0.2, 0) is 4.57 Å². The van der Waals surface area contributed by atoms with E-state index in [-0.39, 0.29) is 207 Å². The first-order chi connectivity index (χ1) is 2.00. The summed E-state index contributed by atoms with van der Waals surface area (Å²) in [6, 6.07) is 0. The van der Waals surface area contributed by atoms with E-state index in [1.807, 2.05) is 0 Å². The first kappa shape index (κ1) is 23.8. The first-order valence-electron chi connectivity index (χ1n) is 0.783. The summed E-state index contributed by atoms with van der Waals surface area (Å²) < 4.78 is 8.88. The van der Waals surface area contributed by atoms with Crippen LogP contribution >= 0.6 is 7.82 Å². The van der Waals surface area contributed by atoms with Gasteiger partial charge in [-0.3, -0.25) is 0 Å². The Balaban J connectivity index is -0.0000000267. The van der Waals surface area contributed by atoms with E-state index in [0.29, 0.717) is 0 Å². The fraction of sp³-hybridized carbons (Fsp3) is 0. The SMILES string of the molecule is O=P(O)(O)O.[Cs].[Cs].[Cs]. The van der Waals surface area contributed by atoms with Crippen LogP contribution in [0, 0.1) is 0 Å². The summed E-state index contributed by atoms with van der Waals surface area (Å²) in [5, 5.41) is 0. The number of hydrogen-bond donors (Lipinski definition) is 3. The van der Waals surface area contributed by atoms with Crippen LogP contribution in [0.15, 0.2) is 0 Å². The molecule has 0 aromatic rings. The predicted octanol–water partition coefficient (Wildman–Crippen LogP) is -2.07. The van der Waals surface area contributed by atoms with Gasteiger partial charge in [0.25, 0.3) is 0 Å². The zero-order chi connectivity index (χ0) is 4.50. The maximum absolute atomic E-state index is 8.88. The molecule has 3 radical (unpaired) electrons. The Kier molecular flexibility index (Phi) is 39.5. The molecule has 0 aromatic carbocycles. The van der Waals surface area contributed by atoms with Crippen molar-refractivity contribution in [3.63, 3.8) is 0 Å². The van der Waals surface area contributed by atoms with Gasteiger partial charge in [0, 0.05) is 207 Å². The van der Waals surface area contributed by atoms with Crippen LogP contribution in [0.2, 0.25) is 0 Å². The van der Waals surface area contributed by atoms with Crippen LogP contribution in [0.25, 0.3) is 0 Å². The Morgan fingerprint density at radius 3 is 0.875 bits per heavy atom. The van der Waals surface area contributed by atoms with Gasteiger partial charge in [-0.2, -0.15) is 0 Å². The fourth-order valence-corrected chi connectivity index (χ4v) is 0. The molecule has 0 fully saturated rings. The Labute approximate surface area is 224 Å². The van der Waals surface area contributed by atoms with Gasteiger partial charge in [0.2, 0.25) is 0 Å². The molecular formula is H3Cs3O4P. The Bertz CT molecular complexity index is 57.4. The second-order valence-electron chi connectivity index (χ2n) is 0.513. The second kappa shape index (κ2) is 13.3. The van der Waals surface area contributed by atoms with E-state index in [1.54, 1.807) is 0 Å². The standard InChI is InChI=1S/3Cs.H3O4P/c;;;1-5(2,3)4/h;;;(H3,1,2,3,4). The molecule has 3 N–H and O–H groups in total. The van der Waals surface area contributed by atoms with Crippen molar-refractivity contribution in [2.24, 2.45) is 0 Å². The van der Waals surface area contributed by atoms with Crippen molar-refractivity contribution in [3.8, 4) is 0 Å². The molecule has 0 bridgehead atoms. The van der Waals surface area contributed by atoms with Crippen molar-refractivity contribution < 1.29 is 19.2 Å². The van der Waals surface area contributed by atoms with Crippen LogP contribution in [0.1, 0.15) is 0 Å². The molecule has 0 unspecified atom stereocenters. The summed E-state index contributed by atoms with van der Waals surface area (Å²) in [6.07, 6.45) is 0. The summed E-state index contributed by atoms with van der Waals surface area (Å²) >= 11 is 0. The molecule has 0 aliphatic carbocycles. The summed E-state index contributed by atoms with van der Waals surface area (Å²) in [4.78, 5) is 21.6. The summed E-state index contributed by atoms with van der Waals surface area (Å²) in [5.74, 6) is 0. The van der Waals surface area contributed by atoms with Gasteiger partial charge in [-0.15, -0.1) is 0 Å². The molecule has 0 saturated heterocycles. The average Bonchev–Trinajstić information content (AvgIpc) is 0.722. The number of phosphoric acid groups is 1. The van der Waals surface area contributed by atoms with Crippen molar-refractivity contribution in [2.45, 2.75) is 0 Å².